The van der Waals surface area contributed by atoms with Gasteiger partial charge in [0.15, 0.2) is 0 Å². The average molecular weight is 306 g/mol. The molecule has 8 heteroatoms. The molecule has 0 aliphatic rings. The lowest BCUT2D eigenvalue weighted by Gasteiger charge is -2.08. The van der Waals surface area contributed by atoms with Crippen molar-refractivity contribution in [2.45, 2.75) is 11.4 Å². The number of nitrogens with one attached hydrogen (secondary N) is 2. The van der Waals surface area contributed by atoms with Crippen molar-refractivity contribution in [3.05, 3.63) is 46.5 Å². The smallest absolute Gasteiger partial charge is 0.242 e. The molecule has 0 spiro atoms. The van der Waals surface area contributed by atoms with Crippen LogP contribution >= 0.6 is 23.2 Å². The number of H-pyrrole nitrogens is 1. The number of halogens is 2. The van der Waals surface area contributed by atoms with Crippen molar-refractivity contribution in [1.82, 2.24) is 14.7 Å². The molecular formula is C10H9Cl2N3O2S. The lowest BCUT2D eigenvalue weighted by Crippen LogP contribution is -2.23. The van der Waals surface area contributed by atoms with E-state index in [2.05, 4.69) is 14.7 Å². The van der Waals surface area contributed by atoms with Gasteiger partial charge in [0.25, 0.3) is 0 Å². The van der Waals surface area contributed by atoms with Gasteiger partial charge in [-0.05, 0) is 12.1 Å². The fourth-order valence-electron chi connectivity index (χ4n) is 1.32. The van der Waals surface area contributed by atoms with Gasteiger partial charge in [0.2, 0.25) is 10.0 Å². The Morgan fingerprint density at radius 3 is 2.78 bits per heavy atom. The van der Waals surface area contributed by atoms with E-state index in [1.807, 2.05) is 0 Å². The molecule has 0 fully saturated rings. The lowest BCUT2D eigenvalue weighted by atomic mass is 10.4. The minimum atomic E-state index is -3.70. The molecule has 0 saturated heterocycles. The van der Waals surface area contributed by atoms with Crippen LogP contribution < -0.4 is 4.72 Å². The number of rotatable bonds is 4. The molecule has 0 unspecified atom stereocenters. The van der Waals surface area contributed by atoms with Crippen LogP contribution in [0.2, 0.25) is 10.0 Å². The molecule has 1 heterocycles. The topological polar surface area (TPSA) is 74.8 Å². The van der Waals surface area contributed by atoms with E-state index in [9.17, 15) is 8.42 Å². The molecule has 1 aromatic heterocycles. The first-order valence-corrected chi connectivity index (χ1v) is 7.15. The third-order valence-corrected chi connectivity index (χ3v) is 4.59. The molecule has 0 saturated carbocycles. The molecule has 0 amide bonds. The van der Waals surface area contributed by atoms with E-state index in [0.29, 0.717) is 5.69 Å². The van der Waals surface area contributed by atoms with Gasteiger partial charge in [0.05, 0.1) is 22.9 Å². The lowest BCUT2D eigenvalue weighted by molar-refractivity contribution is 0.580. The van der Waals surface area contributed by atoms with E-state index in [-0.39, 0.29) is 21.5 Å². The number of sulfonamides is 1. The highest BCUT2D eigenvalue weighted by molar-refractivity contribution is 7.89. The molecule has 0 radical (unpaired) electrons. The van der Waals surface area contributed by atoms with E-state index in [1.54, 1.807) is 0 Å². The second kappa shape index (κ2) is 5.27. The molecule has 0 atom stereocenters. The van der Waals surface area contributed by atoms with Gasteiger partial charge in [-0.1, -0.05) is 29.3 Å². The van der Waals surface area contributed by atoms with Crippen molar-refractivity contribution in [3.8, 4) is 0 Å². The van der Waals surface area contributed by atoms with Gasteiger partial charge in [-0.2, -0.15) is 0 Å². The molecule has 1 aromatic carbocycles. The summed E-state index contributed by atoms with van der Waals surface area (Å²) in [6.07, 6.45) is 3.00. The summed E-state index contributed by atoms with van der Waals surface area (Å²) in [7, 11) is -3.70. The van der Waals surface area contributed by atoms with Gasteiger partial charge < -0.3 is 4.98 Å². The Labute approximate surface area is 114 Å². The zero-order valence-electron chi connectivity index (χ0n) is 9.02. The van der Waals surface area contributed by atoms with Crippen LogP contribution in [0.5, 0.6) is 0 Å². The fraction of sp³-hybridized carbons (Fsp3) is 0.100. The second-order valence-corrected chi connectivity index (χ2v) is 5.97. The fourth-order valence-corrected chi connectivity index (χ4v) is 3.09. The Morgan fingerprint density at radius 2 is 2.11 bits per heavy atom. The van der Waals surface area contributed by atoms with Crippen LogP contribution in [-0.2, 0) is 16.6 Å². The van der Waals surface area contributed by atoms with Crippen LogP contribution in [0.4, 0.5) is 0 Å². The molecule has 2 aromatic rings. The minimum absolute atomic E-state index is 0.0104. The molecule has 96 valence electrons. The molecule has 2 rings (SSSR count). The Hall–Kier alpha value is -1.08. The second-order valence-electron chi connectivity index (χ2n) is 3.45. The van der Waals surface area contributed by atoms with Crippen molar-refractivity contribution in [1.29, 1.82) is 0 Å². The standard InChI is InChI=1S/C10H9Cl2N3O2S/c11-8-2-1-3-9(10(8)12)18(16,17)15-5-7-4-13-6-14-7/h1-4,6,15H,5H2,(H,13,14). The van der Waals surface area contributed by atoms with Crippen molar-refractivity contribution >= 4 is 33.2 Å². The summed E-state index contributed by atoms with van der Waals surface area (Å²) in [5.74, 6) is 0. The molecule has 0 aliphatic heterocycles. The van der Waals surface area contributed by atoms with E-state index in [0.717, 1.165) is 0 Å². The highest BCUT2D eigenvalue weighted by atomic mass is 35.5. The Bertz CT molecular complexity index is 641. The quantitative estimate of drug-likeness (QED) is 0.909. The van der Waals surface area contributed by atoms with Crippen molar-refractivity contribution < 1.29 is 8.42 Å². The first-order valence-electron chi connectivity index (χ1n) is 4.91. The summed E-state index contributed by atoms with van der Waals surface area (Å²) in [4.78, 5) is 6.53. The maximum Gasteiger partial charge on any atom is 0.242 e. The number of benzene rings is 1. The summed E-state index contributed by atoms with van der Waals surface area (Å²) in [5, 5.41) is 0.206. The zero-order chi connectivity index (χ0) is 13.2. The molecule has 0 bridgehead atoms. The van der Waals surface area contributed by atoms with E-state index >= 15 is 0 Å². The van der Waals surface area contributed by atoms with Crippen molar-refractivity contribution in [2.24, 2.45) is 0 Å². The van der Waals surface area contributed by atoms with Crippen LogP contribution in [0, 0.1) is 0 Å². The number of hydrogen-bond donors (Lipinski definition) is 2. The number of aromatic nitrogens is 2. The van der Waals surface area contributed by atoms with Crippen LogP contribution in [0.3, 0.4) is 0 Å². The van der Waals surface area contributed by atoms with Crippen LogP contribution in [-0.4, -0.2) is 18.4 Å². The Morgan fingerprint density at radius 1 is 1.33 bits per heavy atom. The Kier molecular flexibility index (Phi) is 3.91. The summed E-state index contributed by atoms with van der Waals surface area (Å²) in [5.41, 5.74) is 0.650. The number of hydrogen-bond acceptors (Lipinski definition) is 3. The number of imidazole rings is 1. The largest absolute Gasteiger partial charge is 0.347 e. The zero-order valence-corrected chi connectivity index (χ0v) is 11.4. The number of nitrogens with zero attached hydrogens (tertiary/aromatic N) is 1. The maximum atomic E-state index is 12.0. The summed E-state index contributed by atoms with van der Waals surface area (Å²) in [6, 6.07) is 4.44. The van der Waals surface area contributed by atoms with Crippen LogP contribution in [0.25, 0.3) is 0 Å². The first kappa shape index (κ1) is 13.4. The SMILES string of the molecule is O=S(=O)(NCc1cnc[nH]1)c1cccc(Cl)c1Cl. The summed E-state index contributed by atoms with van der Waals surface area (Å²) >= 11 is 11.6. The molecule has 5 nitrogen and oxygen atoms in total. The third kappa shape index (κ3) is 2.84. The summed E-state index contributed by atoms with van der Waals surface area (Å²) in [6.45, 7) is 0.102. The predicted molar refractivity (Wildman–Crippen MR) is 69.1 cm³/mol. The van der Waals surface area contributed by atoms with E-state index < -0.39 is 10.0 Å². The average Bonchev–Trinajstić information content (AvgIpc) is 2.83. The third-order valence-electron chi connectivity index (χ3n) is 2.21. The van der Waals surface area contributed by atoms with Gasteiger partial charge in [-0.15, -0.1) is 0 Å². The maximum absolute atomic E-state index is 12.0. The van der Waals surface area contributed by atoms with Crippen molar-refractivity contribution in [2.75, 3.05) is 0 Å². The van der Waals surface area contributed by atoms with E-state index in [1.165, 1.54) is 30.7 Å². The number of aromatic amines is 1. The minimum Gasteiger partial charge on any atom is -0.347 e. The monoisotopic (exact) mass is 305 g/mol. The Balaban J connectivity index is 2.23. The predicted octanol–water partition coefficient (Wildman–Crippen LogP) is 2.19. The van der Waals surface area contributed by atoms with Gasteiger partial charge in [0, 0.05) is 11.9 Å². The highest BCUT2D eigenvalue weighted by Gasteiger charge is 2.19. The normalized spacial score (nSPS) is 11.7. The first-order chi connectivity index (χ1) is 8.50. The van der Waals surface area contributed by atoms with E-state index in [4.69, 9.17) is 23.2 Å². The molecular weight excluding hydrogens is 297 g/mol. The van der Waals surface area contributed by atoms with Gasteiger partial charge in [-0.25, -0.2) is 18.1 Å². The van der Waals surface area contributed by atoms with Crippen molar-refractivity contribution in [3.63, 3.8) is 0 Å². The molecule has 2 N–H and O–H groups in total. The van der Waals surface area contributed by atoms with Crippen LogP contribution in [0.1, 0.15) is 5.69 Å². The van der Waals surface area contributed by atoms with Gasteiger partial charge >= 0.3 is 0 Å². The molecule has 18 heavy (non-hydrogen) atoms. The van der Waals surface area contributed by atoms with Gasteiger partial charge in [-0.3, -0.25) is 0 Å². The highest BCUT2D eigenvalue weighted by Crippen LogP contribution is 2.28. The van der Waals surface area contributed by atoms with Gasteiger partial charge in [0.1, 0.15) is 4.90 Å². The summed E-state index contributed by atoms with van der Waals surface area (Å²) < 4.78 is 26.4. The molecule has 0 aliphatic carbocycles. The van der Waals surface area contributed by atoms with Crippen LogP contribution in [0.15, 0.2) is 35.6 Å².